The lowest BCUT2D eigenvalue weighted by molar-refractivity contribution is -0.113. The molecule has 12 heteroatoms. The highest BCUT2D eigenvalue weighted by atomic mass is 16.4. The molecule has 266 valence electrons. The summed E-state index contributed by atoms with van der Waals surface area (Å²) < 4.78 is 0. The first-order valence-electron chi connectivity index (χ1n) is 17.2. The quantitative estimate of drug-likeness (QED) is 0.129. The number of imidazole rings is 1. The molecule has 2 aromatic carbocycles. The van der Waals surface area contributed by atoms with Crippen LogP contribution in [0.1, 0.15) is 77.0 Å². The Balaban J connectivity index is 0.000000308. The van der Waals surface area contributed by atoms with Crippen LogP contribution in [0.4, 0.5) is 5.69 Å². The lowest BCUT2D eigenvalue weighted by Gasteiger charge is -2.57. The number of carbonyl (C=O) groups is 2. The summed E-state index contributed by atoms with van der Waals surface area (Å²) in [5, 5.41) is 59.7. The van der Waals surface area contributed by atoms with Crippen molar-refractivity contribution >= 4 is 17.6 Å². The molecule has 0 aliphatic heterocycles. The molecule has 4 fully saturated rings. The fraction of sp³-hybridized carbons (Fsp3) is 0.541. The zero-order chi connectivity index (χ0) is 35.3. The van der Waals surface area contributed by atoms with E-state index in [1.54, 1.807) is 19.2 Å². The predicted molar refractivity (Wildman–Crippen MR) is 184 cm³/mol. The van der Waals surface area contributed by atoms with Gasteiger partial charge in [-0.1, -0.05) is 30.3 Å². The van der Waals surface area contributed by atoms with Crippen molar-refractivity contribution in [2.45, 2.75) is 82.7 Å². The molecule has 9 N–H and O–H groups in total. The largest absolute Gasteiger partial charge is 0.478 e. The summed E-state index contributed by atoms with van der Waals surface area (Å²) in [5.74, 6) is 2.05. The molecule has 0 unspecified atom stereocenters. The standard InChI is InChI=1S/C30H33N3O3.C7H17NO5/c1-18-5-2-3-8-24(18)27-32-25(9-10-30-15-19-11-20(16-30)13-21(12-19)17-30)26(33-27)28(34)31-23-7-4-6-22(14-23)29(35)36;1-8-2-4(10)6(12)7(13)5(11)3-9/h2-8,14,19-21H,9-13,15-17H2,1H3,(H,31,34)(H,32,33)(H,35,36);4-13H,2-3H2,1H3/t;4-,5+,6+,7+/m.0/s1. The van der Waals surface area contributed by atoms with Crippen molar-refractivity contribution in [3.8, 4) is 11.4 Å². The minimum atomic E-state index is -1.55. The van der Waals surface area contributed by atoms with E-state index in [-0.39, 0.29) is 18.0 Å². The summed E-state index contributed by atoms with van der Waals surface area (Å²) in [6, 6.07) is 14.4. The molecule has 0 radical (unpaired) electrons. The number of benzene rings is 2. The Labute approximate surface area is 286 Å². The lowest BCUT2D eigenvalue weighted by Crippen LogP contribution is -2.48. The molecule has 12 nitrogen and oxygen atoms in total. The molecule has 4 saturated carbocycles. The number of anilines is 1. The van der Waals surface area contributed by atoms with E-state index >= 15 is 0 Å². The summed E-state index contributed by atoms with van der Waals surface area (Å²) in [7, 11) is 1.57. The van der Waals surface area contributed by atoms with Crippen LogP contribution in [0.25, 0.3) is 11.4 Å². The average molecular weight is 679 g/mol. The molecule has 3 aromatic rings. The van der Waals surface area contributed by atoms with Crippen LogP contribution in [0.2, 0.25) is 0 Å². The second-order valence-corrected chi connectivity index (χ2v) is 14.3. The predicted octanol–water partition coefficient (Wildman–Crippen LogP) is 3.13. The molecule has 4 aliphatic rings. The smallest absolute Gasteiger partial charge is 0.335 e. The molecular weight excluding hydrogens is 628 g/mol. The third-order valence-electron chi connectivity index (χ3n) is 10.6. The Morgan fingerprint density at radius 3 is 2.16 bits per heavy atom. The molecule has 7 rings (SSSR count). The Morgan fingerprint density at radius 1 is 0.939 bits per heavy atom. The van der Waals surface area contributed by atoms with Gasteiger partial charge in [0.25, 0.3) is 5.91 Å². The van der Waals surface area contributed by atoms with Gasteiger partial charge in [-0.3, -0.25) is 4.79 Å². The number of hydrogen-bond acceptors (Lipinski definition) is 9. The van der Waals surface area contributed by atoms with Gasteiger partial charge in [0, 0.05) is 23.5 Å². The van der Waals surface area contributed by atoms with Gasteiger partial charge in [-0.2, -0.15) is 0 Å². The second kappa shape index (κ2) is 15.9. The average Bonchev–Trinajstić information content (AvgIpc) is 3.51. The Bertz CT molecular complexity index is 1560. The third-order valence-corrected chi connectivity index (χ3v) is 10.6. The van der Waals surface area contributed by atoms with Crippen LogP contribution < -0.4 is 10.6 Å². The molecule has 4 aliphatic carbocycles. The van der Waals surface area contributed by atoms with Crippen LogP contribution in [-0.2, 0) is 6.42 Å². The maximum atomic E-state index is 13.4. The van der Waals surface area contributed by atoms with E-state index in [0.717, 1.165) is 47.4 Å². The number of carbonyl (C=O) groups excluding carboxylic acids is 1. The number of carboxylic acids is 1. The molecule has 4 bridgehead atoms. The van der Waals surface area contributed by atoms with Crippen molar-refractivity contribution in [1.29, 1.82) is 0 Å². The first kappa shape index (κ1) is 36.6. The van der Waals surface area contributed by atoms with Gasteiger partial charge in [0.15, 0.2) is 0 Å². The third kappa shape index (κ3) is 8.75. The number of amides is 1. The second-order valence-electron chi connectivity index (χ2n) is 14.3. The SMILES string of the molecule is CNC[C@H](O)[C@@H](O)[C@H](O)[C@H](O)CO.Cc1ccccc1-c1nc(C(=O)Nc2cccc(C(=O)O)c2)c(CCC23CC4CC(CC(C4)C2)C3)[nH]1. The number of aliphatic hydroxyl groups excluding tert-OH is 5. The zero-order valence-electron chi connectivity index (χ0n) is 28.2. The van der Waals surface area contributed by atoms with Crippen LogP contribution in [0.3, 0.4) is 0 Å². The molecule has 0 spiro atoms. The van der Waals surface area contributed by atoms with Gasteiger partial charge >= 0.3 is 5.97 Å². The number of aromatic carboxylic acids is 1. The first-order valence-corrected chi connectivity index (χ1v) is 17.2. The number of hydrogen-bond donors (Lipinski definition) is 9. The number of nitrogens with one attached hydrogen (secondary N) is 3. The van der Waals surface area contributed by atoms with E-state index in [1.807, 2.05) is 31.2 Å². The highest BCUT2D eigenvalue weighted by molar-refractivity contribution is 6.04. The summed E-state index contributed by atoms with van der Waals surface area (Å²) in [5.41, 5.74) is 4.35. The maximum Gasteiger partial charge on any atom is 0.335 e. The monoisotopic (exact) mass is 678 g/mol. The van der Waals surface area contributed by atoms with Crippen molar-refractivity contribution in [2.75, 3.05) is 25.5 Å². The Kier molecular flexibility index (Phi) is 11.9. The van der Waals surface area contributed by atoms with Gasteiger partial charge in [-0.25, -0.2) is 9.78 Å². The minimum Gasteiger partial charge on any atom is -0.478 e. The van der Waals surface area contributed by atoms with E-state index in [4.69, 9.17) is 25.4 Å². The number of aliphatic hydroxyl groups is 5. The van der Waals surface area contributed by atoms with E-state index in [9.17, 15) is 19.8 Å². The van der Waals surface area contributed by atoms with E-state index < -0.39 is 37.0 Å². The normalized spacial score (nSPS) is 24.8. The van der Waals surface area contributed by atoms with Gasteiger partial charge in [-0.05, 0) is 112 Å². The number of rotatable bonds is 13. The van der Waals surface area contributed by atoms with E-state index in [1.165, 1.54) is 50.7 Å². The summed E-state index contributed by atoms with van der Waals surface area (Å²) >= 11 is 0. The van der Waals surface area contributed by atoms with Crippen LogP contribution >= 0.6 is 0 Å². The maximum absolute atomic E-state index is 13.4. The Morgan fingerprint density at radius 2 is 1.57 bits per heavy atom. The van der Waals surface area contributed by atoms with Crippen molar-refractivity contribution in [3.05, 3.63) is 71.0 Å². The molecule has 1 amide bonds. The van der Waals surface area contributed by atoms with Crippen LogP contribution in [0, 0.1) is 30.1 Å². The molecule has 49 heavy (non-hydrogen) atoms. The number of H-pyrrole nitrogens is 1. The minimum absolute atomic E-state index is 0.0936. The van der Waals surface area contributed by atoms with Crippen molar-refractivity contribution < 1.29 is 40.2 Å². The summed E-state index contributed by atoms with van der Waals surface area (Å²) in [4.78, 5) is 33.1. The number of nitrogens with zero attached hydrogens (tertiary/aromatic N) is 1. The number of likely N-dealkylation sites (N-methyl/N-ethyl adjacent to an activating group) is 1. The molecular formula is C37H50N4O8. The molecule has 1 heterocycles. The lowest BCUT2D eigenvalue weighted by atomic mass is 9.48. The number of aromatic nitrogens is 2. The molecule has 4 atom stereocenters. The van der Waals surface area contributed by atoms with Gasteiger partial charge in [0.1, 0.15) is 29.8 Å². The van der Waals surface area contributed by atoms with Gasteiger partial charge in [0.2, 0.25) is 0 Å². The van der Waals surface area contributed by atoms with Crippen LogP contribution in [-0.4, -0.2) is 97.1 Å². The zero-order valence-corrected chi connectivity index (χ0v) is 28.2. The van der Waals surface area contributed by atoms with E-state index in [0.29, 0.717) is 22.6 Å². The van der Waals surface area contributed by atoms with Crippen molar-refractivity contribution in [1.82, 2.24) is 15.3 Å². The fourth-order valence-electron chi connectivity index (χ4n) is 8.54. The first-order chi connectivity index (χ1) is 23.4. The summed E-state index contributed by atoms with van der Waals surface area (Å²) in [6.45, 7) is 1.48. The van der Waals surface area contributed by atoms with Gasteiger partial charge < -0.3 is 46.3 Å². The number of carboxylic acid groups (broad SMARTS) is 1. The van der Waals surface area contributed by atoms with Crippen molar-refractivity contribution in [3.63, 3.8) is 0 Å². The van der Waals surface area contributed by atoms with Crippen LogP contribution in [0.5, 0.6) is 0 Å². The molecule has 0 saturated heterocycles. The fourth-order valence-corrected chi connectivity index (χ4v) is 8.54. The molecule has 1 aromatic heterocycles. The number of aromatic amines is 1. The van der Waals surface area contributed by atoms with Crippen molar-refractivity contribution in [2.24, 2.45) is 23.2 Å². The summed E-state index contributed by atoms with van der Waals surface area (Å²) in [6.07, 6.45) is 4.50. The van der Waals surface area contributed by atoms with E-state index in [2.05, 4.69) is 15.6 Å². The van der Waals surface area contributed by atoms with Gasteiger partial charge in [-0.15, -0.1) is 0 Å². The Hall–Kier alpha value is -3.65. The van der Waals surface area contributed by atoms with Crippen LogP contribution in [0.15, 0.2) is 48.5 Å². The topological polar surface area (TPSA) is 208 Å². The highest BCUT2D eigenvalue weighted by Gasteiger charge is 2.50. The highest BCUT2D eigenvalue weighted by Crippen LogP contribution is 2.61. The van der Waals surface area contributed by atoms with Gasteiger partial charge in [0.05, 0.1) is 18.3 Å². The number of aryl methyl sites for hydroxylation is 2.